The lowest BCUT2D eigenvalue weighted by molar-refractivity contribution is 0.0722. The maximum atomic E-state index is 10.5. The van der Waals surface area contributed by atoms with Gasteiger partial charge in [0.05, 0.1) is 12.7 Å². The molecule has 0 heterocycles. The van der Waals surface area contributed by atoms with E-state index in [1.54, 1.807) is 7.11 Å². The summed E-state index contributed by atoms with van der Waals surface area (Å²) < 4.78 is 5.14. The van der Waals surface area contributed by atoms with Crippen molar-refractivity contribution in [3.8, 4) is 0 Å². The monoisotopic (exact) mass is 287 g/mol. The zero-order valence-electron chi connectivity index (χ0n) is 13.1. The van der Waals surface area contributed by atoms with E-state index in [2.05, 4.69) is 43.0 Å². The predicted molar refractivity (Wildman–Crippen MR) is 87.5 cm³/mol. The molecule has 0 saturated carbocycles. The van der Waals surface area contributed by atoms with Gasteiger partial charge in [-0.25, -0.2) is 0 Å². The third kappa shape index (κ3) is 4.27. The number of methoxy groups -OCH3 is 1. The molecule has 0 aliphatic carbocycles. The first-order chi connectivity index (χ1) is 10.1. The fraction of sp³-hybridized carbons (Fsp3) is 0.444. The number of benzene rings is 2. The average molecular weight is 287 g/mol. The average Bonchev–Trinajstić information content (AvgIpc) is 2.50. The summed E-state index contributed by atoms with van der Waals surface area (Å²) in [5.74, 6) is 0. The zero-order chi connectivity index (χ0) is 15.2. The van der Waals surface area contributed by atoms with Gasteiger partial charge < -0.3 is 9.84 Å². The van der Waals surface area contributed by atoms with Crippen LogP contribution >= 0.6 is 0 Å². The van der Waals surface area contributed by atoms with Gasteiger partial charge in [-0.1, -0.05) is 36.4 Å². The molecule has 0 aromatic heterocycles. The number of fused-ring (bicyclic) bond motifs is 1. The van der Waals surface area contributed by atoms with Gasteiger partial charge in [-0.3, -0.25) is 4.90 Å². The first-order valence-corrected chi connectivity index (χ1v) is 7.51. The van der Waals surface area contributed by atoms with Crippen molar-refractivity contribution in [1.82, 2.24) is 4.90 Å². The van der Waals surface area contributed by atoms with E-state index in [0.29, 0.717) is 19.2 Å². The van der Waals surface area contributed by atoms with Crippen LogP contribution in [0.3, 0.4) is 0 Å². The van der Waals surface area contributed by atoms with E-state index in [1.165, 1.54) is 10.8 Å². The number of nitrogens with zero attached hydrogens (tertiary/aromatic N) is 1. The Labute approximate surface area is 127 Å². The fourth-order valence-electron chi connectivity index (χ4n) is 2.51. The van der Waals surface area contributed by atoms with Crippen LogP contribution in [0.25, 0.3) is 10.8 Å². The summed E-state index contributed by atoms with van der Waals surface area (Å²) in [5.41, 5.74) is 0.969. The zero-order valence-corrected chi connectivity index (χ0v) is 13.1. The number of hydrogen-bond donors (Lipinski definition) is 1. The highest BCUT2D eigenvalue weighted by atomic mass is 16.5. The first-order valence-electron chi connectivity index (χ1n) is 7.51. The second-order valence-electron chi connectivity index (χ2n) is 5.70. The van der Waals surface area contributed by atoms with Crippen molar-refractivity contribution in [3.63, 3.8) is 0 Å². The summed E-state index contributed by atoms with van der Waals surface area (Å²) in [7, 11) is 1.71. The van der Waals surface area contributed by atoms with E-state index in [1.807, 2.05) is 18.2 Å². The largest absolute Gasteiger partial charge is 0.387 e. The third-order valence-electron chi connectivity index (χ3n) is 3.88. The quantitative estimate of drug-likeness (QED) is 0.848. The highest BCUT2D eigenvalue weighted by Crippen LogP contribution is 2.21. The molecule has 0 fully saturated rings. The summed E-state index contributed by atoms with van der Waals surface area (Å²) in [4.78, 5) is 2.24. The van der Waals surface area contributed by atoms with E-state index in [9.17, 15) is 5.11 Å². The van der Waals surface area contributed by atoms with Gasteiger partial charge in [0, 0.05) is 26.2 Å². The van der Waals surface area contributed by atoms with Crippen molar-refractivity contribution in [1.29, 1.82) is 0 Å². The van der Waals surface area contributed by atoms with Gasteiger partial charge in [-0.05, 0) is 36.2 Å². The molecule has 3 nitrogen and oxygen atoms in total. The maximum absolute atomic E-state index is 10.5. The maximum Gasteiger partial charge on any atom is 0.0917 e. The minimum atomic E-state index is -0.478. The predicted octanol–water partition coefficient (Wildman–Crippen LogP) is 3.23. The number of rotatable bonds is 7. The molecule has 114 valence electrons. The van der Waals surface area contributed by atoms with Crippen LogP contribution in [0.15, 0.2) is 42.5 Å². The SMILES string of the molecule is COCCN(CC(O)c1ccc2ccccc2c1)C(C)C. The first kappa shape index (κ1) is 16.0. The number of ether oxygens (including phenoxy) is 1. The minimum Gasteiger partial charge on any atom is -0.387 e. The lowest BCUT2D eigenvalue weighted by Crippen LogP contribution is -2.37. The van der Waals surface area contributed by atoms with E-state index < -0.39 is 6.10 Å². The second-order valence-corrected chi connectivity index (χ2v) is 5.70. The van der Waals surface area contributed by atoms with Crippen molar-refractivity contribution in [2.45, 2.75) is 26.0 Å². The summed E-state index contributed by atoms with van der Waals surface area (Å²) in [6, 6.07) is 14.8. The van der Waals surface area contributed by atoms with Gasteiger partial charge in [0.15, 0.2) is 0 Å². The van der Waals surface area contributed by atoms with Crippen molar-refractivity contribution < 1.29 is 9.84 Å². The summed E-state index contributed by atoms with van der Waals surface area (Å²) in [6.07, 6.45) is -0.478. The standard InChI is InChI=1S/C18H25NO2/c1-14(2)19(10-11-21-3)13-18(20)17-9-8-15-6-4-5-7-16(15)12-17/h4-9,12,14,18,20H,10-11,13H2,1-3H3. The van der Waals surface area contributed by atoms with Crippen LogP contribution in [-0.2, 0) is 4.74 Å². The summed E-state index contributed by atoms with van der Waals surface area (Å²) in [5, 5.41) is 12.9. The molecule has 2 aromatic carbocycles. The highest BCUT2D eigenvalue weighted by molar-refractivity contribution is 5.83. The molecule has 0 aliphatic rings. The highest BCUT2D eigenvalue weighted by Gasteiger charge is 2.16. The molecular weight excluding hydrogens is 262 g/mol. The molecule has 0 spiro atoms. The van der Waals surface area contributed by atoms with E-state index in [-0.39, 0.29) is 0 Å². The summed E-state index contributed by atoms with van der Waals surface area (Å²) in [6.45, 7) is 6.42. The molecule has 0 saturated heterocycles. The Morgan fingerprint density at radius 2 is 1.81 bits per heavy atom. The molecule has 1 atom stereocenters. The molecule has 21 heavy (non-hydrogen) atoms. The van der Waals surface area contributed by atoms with E-state index >= 15 is 0 Å². The topological polar surface area (TPSA) is 32.7 Å². The Morgan fingerprint density at radius 1 is 1.10 bits per heavy atom. The van der Waals surface area contributed by atoms with Crippen LogP contribution in [0, 0.1) is 0 Å². The Hall–Kier alpha value is -1.42. The molecular formula is C18H25NO2. The minimum absolute atomic E-state index is 0.384. The van der Waals surface area contributed by atoms with Gasteiger partial charge in [0.2, 0.25) is 0 Å². The molecule has 0 radical (unpaired) electrons. The lowest BCUT2D eigenvalue weighted by Gasteiger charge is -2.28. The van der Waals surface area contributed by atoms with E-state index in [4.69, 9.17) is 4.74 Å². The van der Waals surface area contributed by atoms with Gasteiger partial charge in [-0.2, -0.15) is 0 Å². The molecule has 1 N–H and O–H groups in total. The Morgan fingerprint density at radius 3 is 2.48 bits per heavy atom. The summed E-state index contributed by atoms with van der Waals surface area (Å²) >= 11 is 0. The van der Waals surface area contributed by atoms with Gasteiger partial charge >= 0.3 is 0 Å². The molecule has 2 rings (SSSR count). The molecule has 0 aliphatic heterocycles. The van der Waals surface area contributed by atoms with Gasteiger partial charge in [0.25, 0.3) is 0 Å². The van der Waals surface area contributed by atoms with Crippen LogP contribution in [0.5, 0.6) is 0 Å². The van der Waals surface area contributed by atoms with Crippen molar-refractivity contribution in [2.24, 2.45) is 0 Å². The number of aliphatic hydroxyl groups excluding tert-OH is 1. The van der Waals surface area contributed by atoms with Gasteiger partial charge in [-0.15, -0.1) is 0 Å². The van der Waals surface area contributed by atoms with Crippen LogP contribution in [0.4, 0.5) is 0 Å². The lowest BCUT2D eigenvalue weighted by atomic mass is 10.0. The Kier molecular flexibility index (Phi) is 5.74. The Bertz CT molecular complexity index is 568. The molecule has 2 aromatic rings. The molecule has 3 heteroatoms. The van der Waals surface area contributed by atoms with Crippen molar-refractivity contribution in [2.75, 3.05) is 26.8 Å². The number of aliphatic hydroxyl groups is 1. The van der Waals surface area contributed by atoms with Gasteiger partial charge in [0.1, 0.15) is 0 Å². The molecule has 0 amide bonds. The number of hydrogen-bond acceptors (Lipinski definition) is 3. The van der Waals surface area contributed by atoms with Crippen LogP contribution < -0.4 is 0 Å². The fourth-order valence-corrected chi connectivity index (χ4v) is 2.51. The molecule has 1 unspecified atom stereocenters. The van der Waals surface area contributed by atoms with Crippen LogP contribution in [0.2, 0.25) is 0 Å². The second kappa shape index (κ2) is 7.55. The van der Waals surface area contributed by atoms with E-state index in [0.717, 1.165) is 12.1 Å². The third-order valence-corrected chi connectivity index (χ3v) is 3.88. The smallest absolute Gasteiger partial charge is 0.0917 e. The molecule has 0 bridgehead atoms. The van der Waals surface area contributed by atoms with Crippen molar-refractivity contribution >= 4 is 10.8 Å². The normalized spacial score (nSPS) is 13.2. The van der Waals surface area contributed by atoms with Crippen LogP contribution in [-0.4, -0.2) is 42.9 Å². The Balaban J connectivity index is 2.11. The van der Waals surface area contributed by atoms with Crippen molar-refractivity contribution in [3.05, 3.63) is 48.0 Å². The van der Waals surface area contributed by atoms with Crippen LogP contribution in [0.1, 0.15) is 25.5 Å².